The van der Waals surface area contributed by atoms with Crippen molar-refractivity contribution >= 4 is 0 Å². The number of halogens is 1. The Balaban J connectivity index is 3.02. The van der Waals surface area contributed by atoms with Crippen molar-refractivity contribution in [1.82, 2.24) is 0 Å². The van der Waals surface area contributed by atoms with Crippen LogP contribution in [-0.4, -0.2) is 22.9 Å². The number of ether oxygens (including phenoxy) is 1. The molecule has 0 aliphatic rings. The van der Waals surface area contributed by atoms with E-state index in [0.717, 1.165) is 0 Å². The van der Waals surface area contributed by atoms with E-state index in [-0.39, 0.29) is 5.75 Å². The van der Waals surface area contributed by atoms with Crippen LogP contribution in [0.1, 0.15) is 31.9 Å². The highest BCUT2D eigenvalue weighted by atomic mass is 19.1. The van der Waals surface area contributed by atoms with Crippen LogP contribution < -0.4 is 4.74 Å². The summed E-state index contributed by atoms with van der Waals surface area (Å²) in [6.07, 6.45) is -0.736. The lowest BCUT2D eigenvalue weighted by atomic mass is 9.90. The Morgan fingerprint density at radius 1 is 1.50 bits per heavy atom. The van der Waals surface area contributed by atoms with Gasteiger partial charge in [0.05, 0.1) is 12.7 Å². The molecule has 0 aromatic heterocycles. The zero-order chi connectivity index (χ0) is 12.3. The minimum Gasteiger partial charge on any atom is -0.494 e. The van der Waals surface area contributed by atoms with Crippen LogP contribution in [0, 0.1) is 5.82 Å². The molecular weight excluding hydrogens is 211 g/mol. The fourth-order valence-corrected chi connectivity index (χ4v) is 1.41. The van der Waals surface area contributed by atoms with Gasteiger partial charge in [0, 0.05) is 0 Å². The first-order valence-corrected chi connectivity index (χ1v) is 5.16. The van der Waals surface area contributed by atoms with E-state index in [1.54, 1.807) is 6.92 Å². The van der Waals surface area contributed by atoms with Crippen molar-refractivity contribution in [2.24, 2.45) is 0 Å². The van der Waals surface area contributed by atoms with Crippen molar-refractivity contribution in [2.75, 3.05) is 7.11 Å². The Hall–Kier alpha value is -1.13. The van der Waals surface area contributed by atoms with Gasteiger partial charge in [0.1, 0.15) is 6.10 Å². The van der Waals surface area contributed by atoms with E-state index in [2.05, 4.69) is 0 Å². The Bertz CT molecular complexity index is 363. The maximum atomic E-state index is 13.4. The Morgan fingerprint density at radius 2 is 2.12 bits per heavy atom. The number of hydrogen-bond acceptors (Lipinski definition) is 3. The Morgan fingerprint density at radius 3 is 2.56 bits per heavy atom. The van der Waals surface area contributed by atoms with E-state index >= 15 is 0 Å². The molecule has 0 bridgehead atoms. The van der Waals surface area contributed by atoms with Crippen LogP contribution >= 0.6 is 0 Å². The van der Waals surface area contributed by atoms with Gasteiger partial charge in [-0.2, -0.15) is 0 Å². The average molecular weight is 228 g/mol. The van der Waals surface area contributed by atoms with E-state index in [1.807, 2.05) is 0 Å². The first kappa shape index (κ1) is 12.9. The molecule has 4 heteroatoms. The molecule has 1 aromatic carbocycles. The lowest BCUT2D eigenvalue weighted by molar-refractivity contribution is -0.0659. The highest BCUT2D eigenvalue weighted by Crippen LogP contribution is 2.30. The predicted molar refractivity (Wildman–Crippen MR) is 58.8 cm³/mol. The third-order valence-corrected chi connectivity index (χ3v) is 2.80. The quantitative estimate of drug-likeness (QED) is 0.829. The second-order valence-electron chi connectivity index (χ2n) is 4.01. The molecule has 16 heavy (non-hydrogen) atoms. The summed E-state index contributed by atoms with van der Waals surface area (Å²) in [5, 5.41) is 19.7. The zero-order valence-electron chi connectivity index (χ0n) is 9.70. The van der Waals surface area contributed by atoms with Crippen molar-refractivity contribution in [2.45, 2.75) is 32.0 Å². The van der Waals surface area contributed by atoms with Gasteiger partial charge in [-0.15, -0.1) is 0 Å². The molecule has 2 unspecified atom stereocenters. The summed E-state index contributed by atoms with van der Waals surface area (Å²) in [5.74, 6) is -0.432. The van der Waals surface area contributed by atoms with Crippen molar-refractivity contribution in [3.05, 3.63) is 29.6 Å². The summed E-state index contributed by atoms with van der Waals surface area (Å²) < 4.78 is 18.2. The summed E-state index contributed by atoms with van der Waals surface area (Å²) in [7, 11) is 1.37. The van der Waals surface area contributed by atoms with E-state index in [0.29, 0.717) is 12.0 Å². The number of methoxy groups -OCH3 is 1. The van der Waals surface area contributed by atoms with Crippen LogP contribution in [0.4, 0.5) is 4.39 Å². The SMILES string of the molecule is CCC(C)(O)C(O)c1ccc(OC)c(F)c1. The highest BCUT2D eigenvalue weighted by molar-refractivity contribution is 5.31. The summed E-state index contributed by atoms with van der Waals surface area (Å²) >= 11 is 0. The molecular formula is C12H17FO3. The molecule has 2 atom stereocenters. The zero-order valence-corrected chi connectivity index (χ0v) is 9.70. The van der Waals surface area contributed by atoms with Gasteiger partial charge in [0.25, 0.3) is 0 Å². The van der Waals surface area contributed by atoms with Crippen molar-refractivity contribution in [1.29, 1.82) is 0 Å². The van der Waals surface area contributed by atoms with Crippen molar-refractivity contribution in [3.8, 4) is 5.75 Å². The number of hydrogen-bond donors (Lipinski definition) is 2. The molecule has 90 valence electrons. The Labute approximate surface area is 94.5 Å². The maximum absolute atomic E-state index is 13.4. The number of aliphatic hydroxyl groups excluding tert-OH is 1. The second-order valence-corrected chi connectivity index (χ2v) is 4.01. The summed E-state index contributed by atoms with van der Waals surface area (Å²) in [5.41, 5.74) is -0.925. The van der Waals surface area contributed by atoms with Crippen LogP contribution in [0.3, 0.4) is 0 Å². The molecule has 0 saturated carbocycles. The van der Waals surface area contributed by atoms with Gasteiger partial charge in [0.15, 0.2) is 11.6 Å². The largest absolute Gasteiger partial charge is 0.494 e. The first-order valence-electron chi connectivity index (χ1n) is 5.16. The first-order chi connectivity index (χ1) is 7.42. The molecule has 0 aliphatic carbocycles. The predicted octanol–water partition coefficient (Wildman–Crippen LogP) is 2.03. The molecule has 2 N–H and O–H groups in total. The van der Waals surface area contributed by atoms with Gasteiger partial charge in [-0.25, -0.2) is 4.39 Å². The van der Waals surface area contributed by atoms with Gasteiger partial charge in [-0.05, 0) is 31.0 Å². The molecule has 0 amide bonds. The topological polar surface area (TPSA) is 49.7 Å². The third kappa shape index (κ3) is 2.51. The summed E-state index contributed by atoms with van der Waals surface area (Å²) in [6, 6.07) is 4.14. The van der Waals surface area contributed by atoms with Crippen LogP contribution in [0.5, 0.6) is 5.75 Å². The van der Waals surface area contributed by atoms with Crippen LogP contribution in [0.15, 0.2) is 18.2 Å². The monoisotopic (exact) mass is 228 g/mol. The lowest BCUT2D eigenvalue weighted by Gasteiger charge is -2.28. The fourth-order valence-electron chi connectivity index (χ4n) is 1.41. The standard InChI is InChI=1S/C12H17FO3/c1-4-12(2,15)11(14)8-5-6-10(16-3)9(13)7-8/h5-7,11,14-15H,4H2,1-3H3. The van der Waals surface area contributed by atoms with Gasteiger partial charge in [-0.3, -0.25) is 0 Å². The molecule has 1 aromatic rings. The third-order valence-electron chi connectivity index (χ3n) is 2.80. The molecule has 0 spiro atoms. The number of rotatable bonds is 4. The molecule has 0 saturated heterocycles. The molecule has 0 fully saturated rings. The summed E-state index contributed by atoms with van der Waals surface area (Å²) in [4.78, 5) is 0. The van der Waals surface area contributed by atoms with E-state index in [9.17, 15) is 14.6 Å². The van der Waals surface area contributed by atoms with E-state index < -0.39 is 17.5 Å². The van der Waals surface area contributed by atoms with E-state index in [1.165, 1.54) is 32.2 Å². The fraction of sp³-hybridized carbons (Fsp3) is 0.500. The molecule has 0 heterocycles. The van der Waals surface area contributed by atoms with Gasteiger partial charge in [0.2, 0.25) is 0 Å². The molecule has 3 nitrogen and oxygen atoms in total. The lowest BCUT2D eigenvalue weighted by Crippen LogP contribution is -2.31. The van der Waals surface area contributed by atoms with Crippen molar-refractivity contribution in [3.63, 3.8) is 0 Å². The number of benzene rings is 1. The highest BCUT2D eigenvalue weighted by Gasteiger charge is 2.30. The van der Waals surface area contributed by atoms with E-state index in [4.69, 9.17) is 4.74 Å². The summed E-state index contributed by atoms with van der Waals surface area (Å²) in [6.45, 7) is 3.27. The smallest absolute Gasteiger partial charge is 0.165 e. The van der Waals surface area contributed by atoms with Crippen molar-refractivity contribution < 1.29 is 19.3 Å². The number of aliphatic hydroxyl groups is 2. The molecule has 0 radical (unpaired) electrons. The molecule has 1 rings (SSSR count). The minimum absolute atomic E-state index is 0.118. The van der Waals surface area contributed by atoms with Crippen LogP contribution in [-0.2, 0) is 0 Å². The van der Waals surface area contributed by atoms with Gasteiger partial charge in [-0.1, -0.05) is 13.0 Å². The van der Waals surface area contributed by atoms with Crippen LogP contribution in [0.2, 0.25) is 0 Å². The average Bonchev–Trinajstić information content (AvgIpc) is 2.27. The maximum Gasteiger partial charge on any atom is 0.165 e. The normalized spacial score (nSPS) is 16.6. The van der Waals surface area contributed by atoms with Gasteiger partial charge < -0.3 is 14.9 Å². The second kappa shape index (κ2) is 4.80. The Kier molecular flexibility index (Phi) is 3.88. The van der Waals surface area contributed by atoms with Gasteiger partial charge >= 0.3 is 0 Å². The van der Waals surface area contributed by atoms with Crippen LogP contribution in [0.25, 0.3) is 0 Å². The molecule has 0 aliphatic heterocycles. The minimum atomic E-state index is -1.26.